The minimum Gasteiger partial charge on any atom is -0.325 e. The third-order valence-electron chi connectivity index (χ3n) is 5.12. The van der Waals surface area contributed by atoms with Crippen LogP contribution in [0.1, 0.15) is 13.3 Å². The van der Waals surface area contributed by atoms with Crippen molar-refractivity contribution in [3.05, 3.63) is 89.2 Å². The number of hydrogen-bond acceptors (Lipinski definition) is 6. The first kappa shape index (κ1) is 23.7. The quantitative estimate of drug-likeness (QED) is 0.299. The average molecular weight is 495 g/mol. The lowest BCUT2D eigenvalue weighted by molar-refractivity contribution is -0.115. The Kier molecular flexibility index (Phi) is 6.82. The highest BCUT2D eigenvalue weighted by Gasteiger charge is 2.23. The number of nitrogens with two attached hydrogens (primary N) is 1. The van der Waals surface area contributed by atoms with E-state index in [1.54, 1.807) is 18.2 Å². The number of fused-ring (bicyclic) bond motifs is 1. The van der Waals surface area contributed by atoms with Crippen molar-refractivity contribution in [2.24, 2.45) is 5.14 Å². The fourth-order valence-electron chi connectivity index (χ4n) is 3.40. The van der Waals surface area contributed by atoms with Gasteiger partial charge in [-0.25, -0.2) is 18.5 Å². The summed E-state index contributed by atoms with van der Waals surface area (Å²) in [5.74, 6) is -0.294. The van der Waals surface area contributed by atoms with Gasteiger partial charge in [0.05, 0.1) is 26.7 Å². The summed E-state index contributed by atoms with van der Waals surface area (Å²) in [4.78, 5) is 31.0. The molecule has 0 aliphatic rings. The number of para-hydroxylation sites is 2. The molecule has 0 radical (unpaired) electrons. The van der Waals surface area contributed by atoms with E-state index in [1.165, 1.54) is 40.6 Å². The Morgan fingerprint density at radius 1 is 1.03 bits per heavy atom. The van der Waals surface area contributed by atoms with E-state index in [9.17, 15) is 18.0 Å². The molecule has 3 aromatic carbocycles. The zero-order valence-electron chi connectivity index (χ0n) is 18.2. The standard InChI is InChI=1S/C24H22N4O4S2/c1-2-21(22(29)26-16-12-14-18(15-13-16)34(25,31)32)33-24-27-20-11-7-6-10-19(20)23(30)28(24)17-8-4-3-5-9-17/h3-15,21H,2H2,1H3,(H,26,29)(H2,25,31,32). The Balaban J connectivity index is 1.67. The van der Waals surface area contributed by atoms with E-state index < -0.39 is 15.3 Å². The van der Waals surface area contributed by atoms with Crippen LogP contribution in [0.15, 0.2) is 93.7 Å². The van der Waals surface area contributed by atoms with Crippen LogP contribution in [0.5, 0.6) is 0 Å². The molecule has 0 saturated carbocycles. The lowest BCUT2D eigenvalue weighted by Gasteiger charge is -2.18. The number of rotatable bonds is 7. The van der Waals surface area contributed by atoms with Crippen LogP contribution in [0.2, 0.25) is 0 Å². The Morgan fingerprint density at radius 3 is 2.32 bits per heavy atom. The summed E-state index contributed by atoms with van der Waals surface area (Å²) in [6.07, 6.45) is 0.475. The van der Waals surface area contributed by atoms with Gasteiger partial charge in [-0.2, -0.15) is 0 Å². The monoisotopic (exact) mass is 494 g/mol. The van der Waals surface area contributed by atoms with Gasteiger partial charge in [-0.3, -0.25) is 14.2 Å². The van der Waals surface area contributed by atoms with Gasteiger partial charge in [-0.05, 0) is 55.0 Å². The highest BCUT2D eigenvalue weighted by Crippen LogP contribution is 2.28. The minimum atomic E-state index is -3.82. The lowest BCUT2D eigenvalue weighted by Crippen LogP contribution is -2.27. The molecule has 1 aromatic heterocycles. The van der Waals surface area contributed by atoms with Crippen molar-refractivity contribution in [3.8, 4) is 5.69 Å². The van der Waals surface area contributed by atoms with Gasteiger partial charge in [0, 0.05) is 5.69 Å². The van der Waals surface area contributed by atoms with Crippen LogP contribution in [0.4, 0.5) is 5.69 Å². The smallest absolute Gasteiger partial charge is 0.266 e. The van der Waals surface area contributed by atoms with Crippen LogP contribution in [0.25, 0.3) is 16.6 Å². The predicted octanol–water partition coefficient (Wildman–Crippen LogP) is 3.54. The van der Waals surface area contributed by atoms with Gasteiger partial charge in [0.25, 0.3) is 5.56 Å². The second-order valence-electron chi connectivity index (χ2n) is 7.46. The van der Waals surface area contributed by atoms with Crippen molar-refractivity contribution in [2.75, 3.05) is 5.32 Å². The molecule has 34 heavy (non-hydrogen) atoms. The number of benzene rings is 3. The van der Waals surface area contributed by atoms with Crippen molar-refractivity contribution < 1.29 is 13.2 Å². The normalized spacial score (nSPS) is 12.4. The average Bonchev–Trinajstić information content (AvgIpc) is 2.83. The van der Waals surface area contributed by atoms with Crippen molar-refractivity contribution >= 4 is 44.3 Å². The minimum absolute atomic E-state index is 0.0424. The Morgan fingerprint density at radius 2 is 1.68 bits per heavy atom. The van der Waals surface area contributed by atoms with E-state index >= 15 is 0 Å². The summed E-state index contributed by atoms with van der Waals surface area (Å²) in [6, 6.07) is 21.9. The molecule has 174 valence electrons. The number of thioether (sulfide) groups is 1. The molecule has 0 saturated heterocycles. The third-order valence-corrected chi connectivity index (χ3v) is 7.37. The van der Waals surface area contributed by atoms with E-state index in [4.69, 9.17) is 10.1 Å². The molecule has 3 N–H and O–H groups in total. The molecule has 4 rings (SSSR count). The van der Waals surface area contributed by atoms with Gasteiger partial charge in [-0.15, -0.1) is 0 Å². The van der Waals surface area contributed by atoms with Crippen LogP contribution >= 0.6 is 11.8 Å². The maximum absolute atomic E-state index is 13.3. The SMILES string of the molecule is CCC(Sc1nc2ccccc2c(=O)n1-c1ccccc1)C(=O)Nc1ccc(S(N)(=O)=O)cc1. The number of amides is 1. The van der Waals surface area contributed by atoms with E-state index in [0.29, 0.717) is 33.9 Å². The number of hydrogen-bond donors (Lipinski definition) is 2. The zero-order valence-corrected chi connectivity index (χ0v) is 19.8. The second-order valence-corrected chi connectivity index (χ2v) is 10.2. The highest BCUT2D eigenvalue weighted by molar-refractivity contribution is 8.00. The first-order chi connectivity index (χ1) is 16.3. The van der Waals surface area contributed by atoms with Crippen LogP contribution in [0.3, 0.4) is 0 Å². The summed E-state index contributed by atoms with van der Waals surface area (Å²) in [6.45, 7) is 1.87. The number of anilines is 1. The van der Waals surface area contributed by atoms with E-state index in [-0.39, 0.29) is 16.4 Å². The third kappa shape index (κ3) is 5.04. The molecule has 10 heteroatoms. The van der Waals surface area contributed by atoms with E-state index in [1.807, 2.05) is 43.3 Å². The number of nitrogens with one attached hydrogen (secondary N) is 1. The van der Waals surface area contributed by atoms with Crippen LogP contribution in [-0.4, -0.2) is 29.1 Å². The summed E-state index contributed by atoms with van der Waals surface area (Å²) >= 11 is 1.20. The summed E-state index contributed by atoms with van der Waals surface area (Å²) in [7, 11) is -3.82. The maximum atomic E-state index is 13.3. The summed E-state index contributed by atoms with van der Waals surface area (Å²) in [5.41, 5.74) is 1.43. The maximum Gasteiger partial charge on any atom is 0.266 e. The molecule has 0 fully saturated rings. The molecule has 8 nitrogen and oxygen atoms in total. The van der Waals surface area contributed by atoms with E-state index in [0.717, 1.165) is 0 Å². The van der Waals surface area contributed by atoms with Gasteiger partial charge >= 0.3 is 0 Å². The zero-order chi connectivity index (χ0) is 24.3. The first-order valence-corrected chi connectivity index (χ1v) is 12.9. The fraction of sp³-hybridized carbons (Fsp3) is 0.125. The highest BCUT2D eigenvalue weighted by atomic mass is 32.2. The summed E-state index contributed by atoms with van der Waals surface area (Å²) < 4.78 is 24.4. The van der Waals surface area contributed by atoms with Crippen LogP contribution in [0, 0.1) is 0 Å². The van der Waals surface area contributed by atoms with E-state index in [2.05, 4.69) is 5.32 Å². The number of aromatic nitrogens is 2. The lowest BCUT2D eigenvalue weighted by atomic mass is 10.2. The van der Waals surface area contributed by atoms with Gasteiger partial charge in [0.2, 0.25) is 15.9 Å². The van der Waals surface area contributed by atoms with Crippen molar-refractivity contribution in [2.45, 2.75) is 28.6 Å². The molecule has 0 bridgehead atoms. The molecule has 1 unspecified atom stereocenters. The molecule has 0 spiro atoms. The number of carbonyl (C=O) groups excluding carboxylic acids is 1. The Bertz CT molecular complexity index is 1500. The summed E-state index contributed by atoms with van der Waals surface area (Å²) in [5, 5.41) is 8.26. The molecular weight excluding hydrogens is 472 g/mol. The van der Waals surface area contributed by atoms with Crippen LogP contribution < -0.4 is 16.0 Å². The van der Waals surface area contributed by atoms with Crippen molar-refractivity contribution in [3.63, 3.8) is 0 Å². The number of primary sulfonamides is 1. The van der Waals surface area contributed by atoms with Gasteiger partial charge in [-0.1, -0.05) is 49.0 Å². The molecule has 4 aromatic rings. The Labute approximate surface area is 200 Å². The number of nitrogens with zero attached hydrogens (tertiary/aromatic N) is 2. The fourth-order valence-corrected chi connectivity index (χ4v) is 4.94. The first-order valence-electron chi connectivity index (χ1n) is 10.5. The topological polar surface area (TPSA) is 124 Å². The van der Waals surface area contributed by atoms with Crippen LogP contribution in [-0.2, 0) is 14.8 Å². The predicted molar refractivity (Wildman–Crippen MR) is 134 cm³/mol. The number of sulfonamides is 1. The van der Waals surface area contributed by atoms with Gasteiger partial charge < -0.3 is 5.32 Å². The van der Waals surface area contributed by atoms with Gasteiger partial charge in [0.1, 0.15) is 0 Å². The number of carbonyl (C=O) groups is 1. The molecule has 1 amide bonds. The van der Waals surface area contributed by atoms with Crippen molar-refractivity contribution in [1.29, 1.82) is 0 Å². The largest absolute Gasteiger partial charge is 0.325 e. The van der Waals surface area contributed by atoms with Gasteiger partial charge in [0.15, 0.2) is 5.16 Å². The molecular formula is C24H22N4O4S2. The molecule has 0 aliphatic carbocycles. The molecule has 1 heterocycles. The molecule has 0 aliphatic heterocycles. The Hall–Kier alpha value is -3.47. The van der Waals surface area contributed by atoms with Crippen molar-refractivity contribution in [1.82, 2.24) is 9.55 Å². The second kappa shape index (κ2) is 9.80. The molecule has 1 atom stereocenters.